The molecule has 1 saturated carbocycles. The van der Waals surface area contributed by atoms with E-state index in [2.05, 4.69) is 48.4 Å². The highest BCUT2D eigenvalue weighted by Gasteiger charge is 2.38. The molecule has 1 aromatic rings. The molecule has 2 nitrogen and oxygen atoms in total. The zero-order valence-corrected chi connectivity index (χ0v) is 12.6. The summed E-state index contributed by atoms with van der Waals surface area (Å²) in [6, 6.07) is 11.5. The average molecular weight is 271 g/mol. The van der Waals surface area contributed by atoms with Crippen molar-refractivity contribution >= 4 is 5.57 Å². The van der Waals surface area contributed by atoms with Gasteiger partial charge in [0.25, 0.3) is 0 Å². The summed E-state index contributed by atoms with van der Waals surface area (Å²) in [7, 11) is 4.04. The van der Waals surface area contributed by atoms with Gasteiger partial charge in [-0.15, -0.1) is 0 Å². The van der Waals surface area contributed by atoms with Crippen molar-refractivity contribution in [2.75, 3.05) is 27.3 Å². The van der Waals surface area contributed by atoms with Crippen LogP contribution in [0.15, 0.2) is 36.4 Å². The number of hydrogen-bond acceptors (Lipinski definition) is 2. The van der Waals surface area contributed by atoms with Gasteiger partial charge in [-0.3, -0.25) is 4.90 Å². The van der Waals surface area contributed by atoms with Gasteiger partial charge in [-0.05, 0) is 49.3 Å². The number of rotatable bonds is 5. The summed E-state index contributed by atoms with van der Waals surface area (Å²) in [5.41, 5.74) is 2.95. The number of benzene rings is 1. The molecule has 0 amide bonds. The predicted molar refractivity (Wildman–Crippen MR) is 83.5 cm³/mol. The van der Waals surface area contributed by atoms with E-state index in [1.165, 1.54) is 24.8 Å². The molecule has 20 heavy (non-hydrogen) atoms. The maximum absolute atomic E-state index is 5.26. The molecule has 0 N–H and O–H groups in total. The van der Waals surface area contributed by atoms with Crippen LogP contribution in [0.5, 0.6) is 0 Å². The molecular formula is C18H25NO. The Morgan fingerprint density at radius 2 is 2.00 bits per heavy atom. The Morgan fingerprint density at radius 3 is 2.75 bits per heavy atom. The lowest BCUT2D eigenvalue weighted by Gasteiger charge is -2.37. The monoisotopic (exact) mass is 271 g/mol. The van der Waals surface area contributed by atoms with Crippen LogP contribution < -0.4 is 0 Å². The molecule has 1 fully saturated rings. The zero-order valence-electron chi connectivity index (χ0n) is 12.6. The standard InChI is InChI=1S/C18H25NO/c1-19(10-11-20-2)18-16-9-8-14(12-16)13-17(18)15-6-4-3-5-7-15/h3-7,13-14,16,18H,8-12H2,1-2H3/t14?,16?,18-/m0/s1. The molecule has 2 unspecified atom stereocenters. The number of likely N-dealkylation sites (N-methyl/N-ethyl adjacent to an activating group) is 1. The SMILES string of the molecule is COCCN(C)[C@@H]1C(c2ccccc2)=CC2CCC1C2. The summed E-state index contributed by atoms with van der Waals surface area (Å²) in [6.07, 6.45) is 6.67. The van der Waals surface area contributed by atoms with Gasteiger partial charge in [-0.25, -0.2) is 0 Å². The average Bonchev–Trinajstić information content (AvgIpc) is 2.87. The lowest BCUT2D eigenvalue weighted by Crippen LogP contribution is -2.41. The van der Waals surface area contributed by atoms with Crippen LogP contribution in [-0.2, 0) is 4.74 Å². The van der Waals surface area contributed by atoms with Gasteiger partial charge in [0, 0.05) is 19.7 Å². The topological polar surface area (TPSA) is 12.5 Å². The third-order valence-corrected chi connectivity index (χ3v) is 4.92. The first-order valence-electron chi connectivity index (χ1n) is 7.76. The molecule has 2 aliphatic rings. The van der Waals surface area contributed by atoms with Crippen molar-refractivity contribution in [2.45, 2.75) is 25.3 Å². The fraction of sp³-hybridized carbons (Fsp3) is 0.556. The van der Waals surface area contributed by atoms with Crippen LogP contribution in [-0.4, -0.2) is 38.3 Å². The van der Waals surface area contributed by atoms with Crippen molar-refractivity contribution in [1.82, 2.24) is 4.90 Å². The lowest BCUT2D eigenvalue weighted by molar-refractivity contribution is 0.133. The highest BCUT2D eigenvalue weighted by Crippen LogP contribution is 2.45. The van der Waals surface area contributed by atoms with Crippen LogP contribution >= 0.6 is 0 Å². The molecule has 0 heterocycles. The maximum atomic E-state index is 5.26. The fourth-order valence-corrected chi connectivity index (χ4v) is 3.97. The molecule has 2 heteroatoms. The molecule has 108 valence electrons. The smallest absolute Gasteiger partial charge is 0.0589 e. The summed E-state index contributed by atoms with van der Waals surface area (Å²) in [5.74, 6) is 1.63. The number of allylic oxidation sites excluding steroid dienone is 1. The van der Waals surface area contributed by atoms with E-state index in [0.717, 1.165) is 25.0 Å². The Balaban J connectivity index is 1.88. The van der Waals surface area contributed by atoms with E-state index in [9.17, 15) is 0 Å². The van der Waals surface area contributed by atoms with Crippen molar-refractivity contribution in [3.63, 3.8) is 0 Å². The van der Waals surface area contributed by atoms with E-state index in [4.69, 9.17) is 4.74 Å². The highest BCUT2D eigenvalue weighted by atomic mass is 16.5. The summed E-state index contributed by atoms with van der Waals surface area (Å²) in [4.78, 5) is 2.49. The minimum Gasteiger partial charge on any atom is -0.383 e. The second-order valence-corrected chi connectivity index (χ2v) is 6.24. The Kier molecular flexibility index (Phi) is 4.23. The first-order valence-corrected chi connectivity index (χ1v) is 7.76. The highest BCUT2D eigenvalue weighted by molar-refractivity contribution is 5.71. The summed E-state index contributed by atoms with van der Waals surface area (Å²) in [5, 5.41) is 0. The fourth-order valence-electron chi connectivity index (χ4n) is 3.97. The van der Waals surface area contributed by atoms with Crippen molar-refractivity contribution in [3.8, 4) is 0 Å². The largest absolute Gasteiger partial charge is 0.383 e. The summed E-state index contributed by atoms with van der Waals surface area (Å²) >= 11 is 0. The molecule has 2 aliphatic carbocycles. The van der Waals surface area contributed by atoms with Gasteiger partial charge in [-0.1, -0.05) is 36.4 Å². The Labute approximate surface area is 122 Å². The van der Waals surface area contributed by atoms with Crippen molar-refractivity contribution in [1.29, 1.82) is 0 Å². The van der Waals surface area contributed by atoms with E-state index in [1.807, 2.05) is 0 Å². The minimum atomic E-state index is 0.561. The Hall–Kier alpha value is -1.12. The van der Waals surface area contributed by atoms with E-state index < -0.39 is 0 Å². The first-order chi connectivity index (χ1) is 9.79. The van der Waals surface area contributed by atoms with E-state index >= 15 is 0 Å². The van der Waals surface area contributed by atoms with Gasteiger partial charge >= 0.3 is 0 Å². The Bertz CT molecular complexity index is 468. The van der Waals surface area contributed by atoms with Crippen molar-refractivity contribution < 1.29 is 4.74 Å². The van der Waals surface area contributed by atoms with E-state index in [-0.39, 0.29) is 0 Å². The van der Waals surface area contributed by atoms with Gasteiger partial charge in [0.1, 0.15) is 0 Å². The molecule has 0 saturated heterocycles. The van der Waals surface area contributed by atoms with Gasteiger partial charge in [0.05, 0.1) is 6.61 Å². The first kappa shape index (κ1) is 13.8. The van der Waals surface area contributed by atoms with Gasteiger partial charge < -0.3 is 4.74 Å². The maximum Gasteiger partial charge on any atom is 0.0589 e. The van der Waals surface area contributed by atoms with Crippen LogP contribution in [0, 0.1) is 11.8 Å². The van der Waals surface area contributed by atoms with Crippen LogP contribution in [0.25, 0.3) is 5.57 Å². The molecular weight excluding hydrogens is 246 g/mol. The van der Waals surface area contributed by atoms with Crippen LogP contribution in [0.2, 0.25) is 0 Å². The molecule has 3 rings (SSSR count). The van der Waals surface area contributed by atoms with Crippen molar-refractivity contribution in [3.05, 3.63) is 42.0 Å². The molecule has 0 aromatic heterocycles. The summed E-state index contributed by atoms with van der Waals surface area (Å²) < 4.78 is 5.26. The van der Waals surface area contributed by atoms with Crippen molar-refractivity contribution in [2.24, 2.45) is 11.8 Å². The quantitative estimate of drug-likeness (QED) is 0.813. The zero-order chi connectivity index (χ0) is 13.9. The van der Waals surface area contributed by atoms with Crippen LogP contribution in [0.4, 0.5) is 0 Å². The summed E-state index contributed by atoms with van der Waals surface area (Å²) in [6.45, 7) is 1.82. The number of methoxy groups -OCH3 is 1. The number of hydrogen-bond donors (Lipinski definition) is 0. The van der Waals surface area contributed by atoms with E-state index in [1.54, 1.807) is 12.7 Å². The molecule has 0 aliphatic heterocycles. The van der Waals surface area contributed by atoms with Crippen LogP contribution in [0.1, 0.15) is 24.8 Å². The Morgan fingerprint density at radius 1 is 1.20 bits per heavy atom. The number of nitrogens with zero attached hydrogens (tertiary/aromatic N) is 1. The third-order valence-electron chi connectivity index (χ3n) is 4.92. The second-order valence-electron chi connectivity index (χ2n) is 6.24. The molecule has 0 spiro atoms. The van der Waals surface area contributed by atoms with Gasteiger partial charge in [0.15, 0.2) is 0 Å². The second kappa shape index (κ2) is 6.11. The molecule has 0 radical (unpaired) electrons. The van der Waals surface area contributed by atoms with Crippen LogP contribution in [0.3, 0.4) is 0 Å². The molecule has 1 aromatic carbocycles. The minimum absolute atomic E-state index is 0.561. The third kappa shape index (κ3) is 2.68. The molecule has 2 bridgehead atoms. The molecule has 3 atom stereocenters. The number of fused-ring (bicyclic) bond motifs is 2. The number of ether oxygens (including phenoxy) is 1. The van der Waals surface area contributed by atoms with E-state index in [0.29, 0.717) is 6.04 Å². The predicted octanol–water partition coefficient (Wildman–Crippen LogP) is 3.45. The lowest BCUT2D eigenvalue weighted by atomic mass is 9.81. The van der Waals surface area contributed by atoms with Gasteiger partial charge in [0.2, 0.25) is 0 Å². The van der Waals surface area contributed by atoms with Gasteiger partial charge in [-0.2, -0.15) is 0 Å². The normalized spacial score (nSPS) is 28.8.